The summed E-state index contributed by atoms with van der Waals surface area (Å²) in [6.45, 7) is 2.93. The molecule has 1 atom stereocenters. The highest BCUT2D eigenvalue weighted by Gasteiger charge is 2.28. The molecule has 0 spiro atoms. The molecule has 29 heavy (non-hydrogen) atoms. The molecule has 0 radical (unpaired) electrons. The fourth-order valence-corrected chi connectivity index (χ4v) is 5.51. The number of halogens is 1. The number of rotatable bonds is 7. The molecule has 1 aliphatic heterocycles. The molecule has 1 N–H and O–H groups in total. The van der Waals surface area contributed by atoms with Crippen molar-refractivity contribution in [2.45, 2.75) is 50.0 Å². The van der Waals surface area contributed by atoms with E-state index in [1.54, 1.807) is 6.07 Å². The van der Waals surface area contributed by atoms with Gasteiger partial charge in [-0.3, -0.25) is 4.79 Å². The van der Waals surface area contributed by atoms with Gasteiger partial charge in [0.25, 0.3) is 5.91 Å². The summed E-state index contributed by atoms with van der Waals surface area (Å²) in [4.78, 5) is 12.7. The highest BCUT2D eigenvalue weighted by molar-refractivity contribution is 7.89. The number of hydrogen-bond acceptors (Lipinski definition) is 3. The number of carbonyl (C=O) groups is 1. The smallest absolute Gasteiger partial charge is 0.251 e. The van der Waals surface area contributed by atoms with Crippen LogP contribution >= 0.6 is 11.6 Å². The normalized spacial score (nSPS) is 16.3. The van der Waals surface area contributed by atoms with Gasteiger partial charge in [-0.15, -0.1) is 0 Å². The molecule has 3 rings (SSSR count). The summed E-state index contributed by atoms with van der Waals surface area (Å²) in [5.74, 6) is -0.294. The fourth-order valence-electron chi connectivity index (χ4n) is 3.49. The standard InChI is InChI=1S/C22H27ClN2O3S/c1-17(10-11-18-8-4-2-5-9-18)24-22(26)19-12-13-20(23)21(16-19)29(27,28)25-14-6-3-7-15-25/h2,4-5,8-9,12-13,16-17H,3,6-7,10-11,14-15H2,1H3,(H,24,26). The van der Waals surface area contributed by atoms with Crippen molar-refractivity contribution in [3.8, 4) is 0 Å². The van der Waals surface area contributed by atoms with Crippen molar-refractivity contribution in [1.82, 2.24) is 9.62 Å². The lowest BCUT2D eigenvalue weighted by Gasteiger charge is -2.26. The molecule has 156 valence electrons. The molecule has 2 aromatic rings. The molecule has 0 bridgehead atoms. The van der Waals surface area contributed by atoms with E-state index in [0.717, 1.165) is 32.1 Å². The predicted molar refractivity (Wildman–Crippen MR) is 116 cm³/mol. The quantitative estimate of drug-likeness (QED) is 0.707. The summed E-state index contributed by atoms with van der Waals surface area (Å²) < 4.78 is 27.4. The van der Waals surface area contributed by atoms with E-state index in [4.69, 9.17) is 11.6 Å². The highest BCUT2D eigenvalue weighted by Crippen LogP contribution is 2.28. The lowest BCUT2D eigenvalue weighted by atomic mass is 10.1. The van der Waals surface area contributed by atoms with Crippen LogP contribution in [0.5, 0.6) is 0 Å². The first kappa shape index (κ1) is 21.8. The van der Waals surface area contributed by atoms with E-state index in [-0.39, 0.29) is 21.9 Å². The molecule has 1 heterocycles. The van der Waals surface area contributed by atoms with Gasteiger partial charge in [-0.2, -0.15) is 4.31 Å². The number of benzene rings is 2. The van der Waals surface area contributed by atoms with Crippen molar-refractivity contribution < 1.29 is 13.2 Å². The van der Waals surface area contributed by atoms with Gasteiger partial charge >= 0.3 is 0 Å². The number of aryl methyl sites for hydroxylation is 1. The van der Waals surface area contributed by atoms with Crippen molar-refractivity contribution in [1.29, 1.82) is 0 Å². The van der Waals surface area contributed by atoms with Gasteiger partial charge in [0.15, 0.2) is 0 Å². The minimum atomic E-state index is -3.70. The maximum Gasteiger partial charge on any atom is 0.251 e. The summed E-state index contributed by atoms with van der Waals surface area (Å²) in [6.07, 6.45) is 4.37. The molecule has 1 saturated heterocycles. The fraction of sp³-hybridized carbons (Fsp3) is 0.409. The summed E-state index contributed by atoms with van der Waals surface area (Å²) in [6, 6.07) is 14.5. The SMILES string of the molecule is CC(CCc1ccccc1)NC(=O)c1ccc(Cl)c(S(=O)(=O)N2CCCCC2)c1. The summed E-state index contributed by atoms with van der Waals surface area (Å²) in [5, 5.41) is 3.10. The minimum absolute atomic E-state index is 0.00524. The van der Waals surface area contributed by atoms with Crippen LogP contribution in [0.15, 0.2) is 53.4 Å². The number of amides is 1. The Morgan fingerprint density at radius 2 is 1.79 bits per heavy atom. The van der Waals surface area contributed by atoms with E-state index >= 15 is 0 Å². The van der Waals surface area contributed by atoms with Crippen LogP contribution in [0, 0.1) is 0 Å². The van der Waals surface area contributed by atoms with Gasteiger partial charge in [0, 0.05) is 24.7 Å². The molecule has 1 unspecified atom stereocenters. The van der Waals surface area contributed by atoms with Gasteiger partial charge in [-0.25, -0.2) is 8.42 Å². The lowest BCUT2D eigenvalue weighted by molar-refractivity contribution is 0.0938. The molecule has 7 heteroatoms. The second-order valence-electron chi connectivity index (χ2n) is 7.51. The van der Waals surface area contributed by atoms with E-state index in [9.17, 15) is 13.2 Å². The van der Waals surface area contributed by atoms with Crippen LogP contribution in [0.3, 0.4) is 0 Å². The molecule has 0 aliphatic carbocycles. The highest BCUT2D eigenvalue weighted by atomic mass is 35.5. The molecular weight excluding hydrogens is 408 g/mol. The number of sulfonamides is 1. The maximum absolute atomic E-state index is 13.0. The van der Waals surface area contributed by atoms with Crippen LogP contribution in [0.2, 0.25) is 5.02 Å². The van der Waals surface area contributed by atoms with Gasteiger partial charge in [-0.1, -0.05) is 48.4 Å². The van der Waals surface area contributed by atoms with Gasteiger partial charge in [0.1, 0.15) is 4.90 Å². The van der Waals surface area contributed by atoms with Crippen molar-refractivity contribution in [2.24, 2.45) is 0 Å². The van der Waals surface area contributed by atoms with E-state index in [2.05, 4.69) is 17.4 Å². The Morgan fingerprint density at radius 3 is 2.48 bits per heavy atom. The van der Waals surface area contributed by atoms with Crippen LogP contribution in [0.1, 0.15) is 48.5 Å². The Hall–Kier alpha value is -1.89. The Morgan fingerprint density at radius 1 is 1.10 bits per heavy atom. The Kier molecular flexibility index (Phi) is 7.33. The third kappa shape index (κ3) is 5.59. The summed E-state index contributed by atoms with van der Waals surface area (Å²) in [5.41, 5.74) is 1.52. The van der Waals surface area contributed by atoms with Crippen molar-refractivity contribution in [2.75, 3.05) is 13.1 Å². The first-order valence-corrected chi connectivity index (χ1v) is 11.8. The van der Waals surface area contributed by atoms with E-state index in [1.807, 2.05) is 25.1 Å². The number of hydrogen-bond donors (Lipinski definition) is 1. The van der Waals surface area contributed by atoms with E-state index < -0.39 is 10.0 Å². The van der Waals surface area contributed by atoms with Crippen molar-refractivity contribution in [3.05, 3.63) is 64.7 Å². The van der Waals surface area contributed by atoms with E-state index in [1.165, 1.54) is 22.0 Å². The van der Waals surface area contributed by atoms with Crippen LogP contribution < -0.4 is 5.32 Å². The topological polar surface area (TPSA) is 66.5 Å². The second-order valence-corrected chi connectivity index (χ2v) is 9.82. The Labute approximate surface area is 178 Å². The van der Waals surface area contributed by atoms with Crippen molar-refractivity contribution in [3.63, 3.8) is 0 Å². The summed E-state index contributed by atoms with van der Waals surface area (Å²) >= 11 is 6.19. The zero-order valence-electron chi connectivity index (χ0n) is 16.6. The van der Waals surface area contributed by atoms with Crippen LogP contribution in [-0.4, -0.2) is 37.8 Å². The minimum Gasteiger partial charge on any atom is -0.350 e. The Balaban J connectivity index is 1.68. The molecule has 2 aromatic carbocycles. The van der Waals surface area contributed by atoms with E-state index in [0.29, 0.717) is 18.7 Å². The first-order chi connectivity index (χ1) is 13.9. The Bertz CT molecular complexity index is 942. The van der Waals surface area contributed by atoms with Crippen LogP contribution in [0.4, 0.5) is 0 Å². The van der Waals surface area contributed by atoms with Gasteiger partial charge in [0.2, 0.25) is 10.0 Å². The molecule has 1 amide bonds. The number of carbonyl (C=O) groups excluding carboxylic acids is 1. The van der Waals surface area contributed by atoms with Crippen LogP contribution in [-0.2, 0) is 16.4 Å². The largest absolute Gasteiger partial charge is 0.350 e. The van der Waals surface area contributed by atoms with Crippen molar-refractivity contribution >= 4 is 27.5 Å². The van der Waals surface area contributed by atoms with Gasteiger partial charge < -0.3 is 5.32 Å². The third-order valence-electron chi connectivity index (χ3n) is 5.21. The number of piperidine rings is 1. The second kappa shape index (κ2) is 9.74. The molecular formula is C22H27ClN2O3S. The van der Waals surface area contributed by atoms with Gasteiger partial charge in [0.05, 0.1) is 5.02 Å². The number of nitrogens with one attached hydrogen (secondary N) is 1. The zero-order valence-corrected chi connectivity index (χ0v) is 18.2. The lowest BCUT2D eigenvalue weighted by Crippen LogP contribution is -2.36. The molecule has 5 nitrogen and oxygen atoms in total. The number of nitrogens with zero attached hydrogens (tertiary/aromatic N) is 1. The molecule has 0 aromatic heterocycles. The zero-order chi connectivity index (χ0) is 20.9. The van der Waals surface area contributed by atoms with Crippen LogP contribution in [0.25, 0.3) is 0 Å². The summed E-state index contributed by atoms with van der Waals surface area (Å²) in [7, 11) is -3.70. The molecule has 1 aliphatic rings. The average molecular weight is 435 g/mol. The van der Waals surface area contributed by atoms with Gasteiger partial charge in [-0.05, 0) is 56.4 Å². The third-order valence-corrected chi connectivity index (χ3v) is 7.59. The predicted octanol–water partition coefficient (Wildman–Crippen LogP) is 4.27. The molecule has 0 saturated carbocycles. The monoisotopic (exact) mass is 434 g/mol. The first-order valence-electron chi connectivity index (χ1n) is 10.0. The molecule has 1 fully saturated rings. The average Bonchev–Trinajstić information content (AvgIpc) is 2.73. The maximum atomic E-state index is 13.0.